The van der Waals surface area contributed by atoms with Crippen LogP contribution < -0.4 is 14.4 Å². The molecule has 3 aromatic carbocycles. The lowest BCUT2D eigenvalue weighted by atomic mass is 9.95. The molecule has 0 saturated carbocycles. The van der Waals surface area contributed by atoms with Crippen LogP contribution in [-0.4, -0.2) is 41.6 Å². The second kappa shape index (κ2) is 9.50. The molecule has 3 aromatic rings. The third-order valence-corrected chi connectivity index (χ3v) is 5.38. The molecule has 0 bridgehead atoms. The highest BCUT2D eigenvalue weighted by molar-refractivity contribution is 6.51. The van der Waals surface area contributed by atoms with E-state index in [0.29, 0.717) is 28.3 Å². The summed E-state index contributed by atoms with van der Waals surface area (Å²) in [7, 11) is 1.51. The van der Waals surface area contributed by atoms with Crippen molar-refractivity contribution in [2.75, 3.05) is 18.6 Å². The Labute approximate surface area is 195 Å². The number of nitrogens with zero attached hydrogens (tertiary/aromatic N) is 1. The zero-order valence-electron chi connectivity index (χ0n) is 18.2. The normalized spacial score (nSPS) is 17.0. The first-order valence-corrected chi connectivity index (χ1v) is 10.4. The predicted molar refractivity (Wildman–Crippen MR) is 124 cm³/mol. The first-order chi connectivity index (χ1) is 16.4. The van der Waals surface area contributed by atoms with E-state index in [1.54, 1.807) is 66.7 Å². The molecule has 1 fully saturated rings. The van der Waals surface area contributed by atoms with Gasteiger partial charge >= 0.3 is 5.97 Å². The standard InChI is InChI=1S/C26H21NO7/c1-33-20-9-5-8-17(14-20)23-22(24(30)16-6-3-2-4-7-16)25(31)26(32)27(23)18-10-12-19(13-11-18)34-15-21(28)29/h2-14,23,30H,15H2,1H3,(H,28,29)/b24-22-. The van der Waals surface area contributed by atoms with Crippen LogP contribution in [0.2, 0.25) is 0 Å². The summed E-state index contributed by atoms with van der Waals surface area (Å²) >= 11 is 0. The zero-order valence-corrected chi connectivity index (χ0v) is 18.2. The maximum Gasteiger partial charge on any atom is 0.341 e. The number of aliphatic carboxylic acids is 1. The van der Waals surface area contributed by atoms with Crippen LogP contribution in [0.1, 0.15) is 17.2 Å². The van der Waals surface area contributed by atoms with Crippen LogP contribution in [0.3, 0.4) is 0 Å². The molecule has 1 unspecified atom stereocenters. The van der Waals surface area contributed by atoms with Gasteiger partial charge in [0.05, 0.1) is 18.7 Å². The fraction of sp³-hybridized carbons (Fsp3) is 0.115. The number of benzene rings is 3. The fourth-order valence-electron chi connectivity index (χ4n) is 3.83. The number of aliphatic hydroxyl groups is 1. The number of aliphatic hydroxyl groups excluding tert-OH is 1. The number of hydrogen-bond donors (Lipinski definition) is 2. The average Bonchev–Trinajstić information content (AvgIpc) is 3.13. The van der Waals surface area contributed by atoms with Gasteiger partial charge in [-0.3, -0.25) is 14.5 Å². The Morgan fingerprint density at radius 1 is 0.912 bits per heavy atom. The van der Waals surface area contributed by atoms with Crippen molar-refractivity contribution in [1.29, 1.82) is 0 Å². The van der Waals surface area contributed by atoms with Crippen LogP contribution >= 0.6 is 0 Å². The van der Waals surface area contributed by atoms with Gasteiger partial charge in [-0.15, -0.1) is 0 Å². The highest BCUT2D eigenvalue weighted by Gasteiger charge is 2.47. The van der Waals surface area contributed by atoms with E-state index in [1.807, 2.05) is 0 Å². The maximum atomic E-state index is 13.2. The van der Waals surface area contributed by atoms with Gasteiger partial charge in [-0.25, -0.2) is 4.79 Å². The van der Waals surface area contributed by atoms with Gasteiger partial charge in [0.25, 0.3) is 11.7 Å². The Bertz CT molecular complexity index is 1270. The maximum absolute atomic E-state index is 13.2. The Morgan fingerprint density at radius 2 is 1.62 bits per heavy atom. The fourth-order valence-corrected chi connectivity index (χ4v) is 3.83. The summed E-state index contributed by atoms with van der Waals surface area (Å²) in [5.41, 5.74) is 1.31. The first-order valence-electron chi connectivity index (χ1n) is 10.4. The van der Waals surface area contributed by atoms with Gasteiger partial charge in [0.1, 0.15) is 17.3 Å². The van der Waals surface area contributed by atoms with E-state index in [-0.39, 0.29) is 11.3 Å². The molecule has 1 heterocycles. The van der Waals surface area contributed by atoms with E-state index >= 15 is 0 Å². The highest BCUT2D eigenvalue weighted by atomic mass is 16.5. The molecule has 1 aliphatic heterocycles. The minimum atomic E-state index is -1.12. The van der Waals surface area contributed by atoms with E-state index in [1.165, 1.54) is 24.1 Å². The molecule has 4 rings (SSSR count). The van der Waals surface area contributed by atoms with Gasteiger partial charge in [-0.2, -0.15) is 0 Å². The van der Waals surface area contributed by atoms with Crippen molar-refractivity contribution in [2.45, 2.75) is 6.04 Å². The number of methoxy groups -OCH3 is 1. The third-order valence-electron chi connectivity index (χ3n) is 5.38. The topological polar surface area (TPSA) is 113 Å². The van der Waals surface area contributed by atoms with Crippen molar-refractivity contribution < 1.29 is 34.1 Å². The molecule has 2 N–H and O–H groups in total. The minimum absolute atomic E-state index is 0.0457. The van der Waals surface area contributed by atoms with Crippen LogP contribution in [0.5, 0.6) is 11.5 Å². The number of amides is 1. The average molecular weight is 459 g/mol. The Balaban J connectivity index is 1.84. The van der Waals surface area contributed by atoms with Crippen LogP contribution in [0.4, 0.5) is 5.69 Å². The molecular weight excluding hydrogens is 438 g/mol. The second-order valence-electron chi connectivity index (χ2n) is 7.49. The molecule has 0 spiro atoms. The molecule has 0 radical (unpaired) electrons. The van der Waals surface area contributed by atoms with Crippen molar-refractivity contribution in [1.82, 2.24) is 0 Å². The number of rotatable bonds is 7. The highest BCUT2D eigenvalue weighted by Crippen LogP contribution is 2.43. The number of ether oxygens (including phenoxy) is 2. The minimum Gasteiger partial charge on any atom is -0.507 e. The SMILES string of the molecule is COc1cccc(C2/C(=C(/O)c3ccccc3)C(=O)C(=O)N2c2ccc(OCC(=O)O)cc2)c1. The van der Waals surface area contributed by atoms with Crippen molar-refractivity contribution >= 4 is 29.1 Å². The summed E-state index contributed by atoms with van der Waals surface area (Å²) < 4.78 is 10.5. The van der Waals surface area contributed by atoms with Gasteiger partial charge < -0.3 is 19.7 Å². The van der Waals surface area contributed by atoms with Gasteiger partial charge in [0, 0.05) is 11.3 Å². The number of ketones is 1. The summed E-state index contributed by atoms with van der Waals surface area (Å²) in [4.78, 5) is 38.4. The van der Waals surface area contributed by atoms with Crippen molar-refractivity contribution in [3.8, 4) is 11.5 Å². The molecular formula is C26H21NO7. The summed E-state index contributed by atoms with van der Waals surface area (Å²) in [6.45, 7) is -0.509. The van der Waals surface area contributed by atoms with Crippen molar-refractivity contribution in [3.05, 3.63) is 95.6 Å². The van der Waals surface area contributed by atoms with Gasteiger partial charge in [0.15, 0.2) is 6.61 Å². The van der Waals surface area contributed by atoms with Crippen molar-refractivity contribution in [2.24, 2.45) is 0 Å². The molecule has 8 heteroatoms. The number of anilines is 1. The molecule has 0 aromatic heterocycles. The summed E-state index contributed by atoms with van der Waals surface area (Å²) in [6, 6.07) is 20.7. The molecule has 34 heavy (non-hydrogen) atoms. The number of hydrogen-bond acceptors (Lipinski definition) is 6. The molecule has 172 valence electrons. The first kappa shape index (κ1) is 22.6. The van der Waals surface area contributed by atoms with Gasteiger partial charge in [0.2, 0.25) is 0 Å². The van der Waals surface area contributed by atoms with Crippen molar-refractivity contribution in [3.63, 3.8) is 0 Å². The number of Topliss-reactive ketones (excluding diaryl/α,β-unsaturated/α-hetero) is 1. The van der Waals surface area contributed by atoms with E-state index in [9.17, 15) is 19.5 Å². The zero-order chi connectivity index (χ0) is 24.2. The molecule has 1 atom stereocenters. The number of carbonyl (C=O) groups excluding carboxylic acids is 2. The van der Waals surface area contributed by atoms with Gasteiger partial charge in [-0.1, -0.05) is 42.5 Å². The molecule has 0 aliphatic carbocycles. The van der Waals surface area contributed by atoms with Crippen LogP contribution in [0.15, 0.2) is 84.4 Å². The van der Waals surface area contributed by atoms with E-state index in [4.69, 9.17) is 14.6 Å². The smallest absolute Gasteiger partial charge is 0.341 e. The number of carbonyl (C=O) groups is 3. The quantitative estimate of drug-likeness (QED) is 0.314. The van der Waals surface area contributed by atoms with Crippen LogP contribution in [0, 0.1) is 0 Å². The Morgan fingerprint density at radius 3 is 2.26 bits per heavy atom. The Kier molecular flexibility index (Phi) is 6.31. The van der Waals surface area contributed by atoms with E-state index in [2.05, 4.69) is 0 Å². The second-order valence-corrected chi connectivity index (χ2v) is 7.49. The lowest BCUT2D eigenvalue weighted by Crippen LogP contribution is -2.29. The third kappa shape index (κ3) is 4.33. The molecule has 8 nitrogen and oxygen atoms in total. The monoisotopic (exact) mass is 459 g/mol. The lowest BCUT2D eigenvalue weighted by Gasteiger charge is -2.26. The lowest BCUT2D eigenvalue weighted by molar-refractivity contribution is -0.139. The van der Waals surface area contributed by atoms with Crippen LogP contribution in [0.25, 0.3) is 5.76 Å². The van der Waals surface area contributed by atoms with Crippen LogP contribution in [-0.2, 0) is 14.4 Å². The number of carboxylic acids is 1. The largest absolute Gasteiger partial charge is 0.507 e. The Hall–Kier alpha value is -4.59. The van der Waals surface area contributed by atoms with Gasteiger partial charge in [-0.05, 0) is 42.0 Å². The van der Waals surface area contributed by atoms with E-state index in [0.717, 1.165) is 0 Å². The molecule has 1 aliphatic rings. The summed E-state index contributed by atoms with van der Waals surface area (Å²) in [5, 5.41) is 19.9. The number of carboxylic acid groups (broad SMARTS) is 1. The summed E-state index contributed by atoms with van der Waals surface area (Å²) in [6.07, 6.45) is 0. The van der Waals surface area contributed by atoms with E-state index < -0.39 is 30.3 Å². The summed E-state index contributed by atoms with van der Waals surface area (Å²) in [5.74, 6) is -2.20. The molecule has 1 saturated heterocycles. The predicted octanol–water partition coefficient (Wildman–Crippen LogP) is 3.78. The molecule has 1 amide bonds.